The van der Waals surface area contributed by atoms with E-state index in [0.717, 1.165) is 16.5 Å². The molecule has 0 fully saturated rings. The Morgan fingerprint density at radius 1 is 1.11 bits per heavy atom. The molecule has 7 heteroatoms. The van der Waals surface area contributed by atoms with Gasteiger partial charge in [-0.15, -0.1) is 0 Å². The smallest absolute Gasteiger partial charge is 0.271 e. The maximum atomic E-state index is 12.3. The predicted octanol–water partition coefficient (Wildman–Crippen LogP) is 4.41. The van der Waals surface area contributed by atoms with E-state index >= 15 is 0 Å². The largest absolute Gasteiger partial charge is 0.493 e. The molecule has 0 unspecified atom stereocenters. The zero-order valence-electron chi connectivity index (χ0n) is 15.6. The summed E-state index contributed by atoms with van der Waals surface area (Å²) in [6, 6.07) is 10.6. The lowest BCUT2D eigenvalue weighted by atomic mass is 10.2. The van der Waals surface area contributed by atoms with Crippen molar-refractivity contribution in [3.05, 3.63) is 52.0 Å². The number of rotatable bonds is 9. The minimum atomic E-state index is -0.348. The highest BCUT2D eigenvalue weighted by atomic mass is 79.9. The van der Waals surface area contributed by atoms with E-state index in [-0.39, 0.29) is 5.91 Å². The van der Waals surface area contributed by atoms with Crippen molar-refractivity contribution in [2.24, 2.45) is 5.10 Å². The summed E-state index contributed by atoms with van der Waals surface area (Å²) in [5, 5.41) is 4.03. The number of hydrazone groups is 1. The van der Waals surface area contributed by atoms with Crippen LogP contribution in [0.15, 0.2) is 46.0 Å². The van der Waals surface area contributed by atoms with Gasteiger partial charge in [-0.2, -0.15) is 5.10 Å². The molecule has 0 radical (unpaired) electrons. The van der Waals surface area contributed by atoms with Crippen molar-refractivity contribution < 1.29 is 19.0 Å². The van der Waals surface area contributed by atoms with E-state index in [0.29, 0.717) is 36.0 Å². The summed E-state index contributed by atoms with van der Waals surface area (Å²) in [7, 11) is 1.54. The van der Waals surface area contributed by atoms with Crippen LogP contribution in [0, 0.1) is 0 Å². The number of halogens is 1. The van der Waals surface area contributed by atoms with Crippen LogP contribution in [0.5, 0.6) is 17.2 Å². The number of nitrogens with one attached hydrogen (secondary N) is 1. The normalized spacial score (nSPS) is 10.7. The van der Waals surface area contributed by atoms with Crippen LogP contribution in [0.3, 0.4) is 0 Å². The third kappa shape index (κ3) is 5.99. The van der Waals surface area contributed by atoms with Gasteiger partial charge in [0.1, 0.15) is 5.75 Å². The average Bonchev–Trinajstić information content (AvgIpc) is 2.68. The predicted molar refractivity (Wildman–Crippen MR) is 109 cm³/mol. The summed E-state index contributed by atoms with van der Waals surface area (Å²) in [5.41, 5.74) is 3.69. The number of carbonyl (C=O) groups is 1. The average molecular weight is 435 g/mol. The van der Waals surface area contributed by atoms with Crippen LogP contribution < -0.4 is 19.6 Å². The van der Waals surface area contributed by atoms with Gasteiger partial charge in [-0.3, -0.25) is 4.79 Å². The molecule has 0 aromatic heterocycles. The summed E-state index contributed by atoms with van der Waals surface area (Å²) >= 11 is 3.42. The van der Waals surface area contributed by atoms with Gasteiger partial charge in [0.05, 0.1) is 26.5 Å². The van der Waals surface area contributed by atoms with E-state index < -0.39 is 0 Å². The van der Waals surface area contributed by atoms with Crippen molar-refractivity contribution in [2.45, 2.75) is 20.3 Å². The quantitative estimate of drug-likeness (QED) is 0.468. The molecule has 0 saturated carbocycles. The number of hydrogen-bond donors (Lipinski definition) is 1. The van der Waals surface area contributed by atoms with E-state index in [2.05, 4.69) is 26.5 Å². The van der Waals surface area contributed by atoms with Crippen molar-refractivity contribution in [3.8, 4) is 17.2 Å². The van der Waals surface area contributed by atoms with Gasteiger partial charge >= 0.3 is 0 Å². The van der Waals surface area contributed by atoms with Crippen LogP contribution in [-0.4, -0.2) is 32.4 Å². The van der Waals surface area contributed by atoms with E-state index in [1.54, 1.807) is 24.4 Å². The van der Waals surface area contributed by atoms with Crippen LogP contribution in [0.25, 0.3) is 0 Å². The van der Waals surface area contributed by atoms with E-state index in [9.17, 15) is 4.79 Å². The number of methoxy groups -OCH3 is 1. The molecule has 27 heavy (non-hydrogen) atoms. The van der Waals surface area contributed by atoms with Crippen molar-refractivity contribution in [2.75, 3.05) is 20.3 Å². The van der Waals surface area contributed by atoms with E-state index in [1.165, 1.54) is 7.11 Å². The second-order valence-corrected chi connectivity index (χ2v) is 6.44. The SMILES string of the molecule is CCCOc1ccc(C(=O)N/N=C/c2cc(Br)ccc2OCC)cc1OC. The summed E-state index contributed by atoms with van der Waals surface area (Å²) < 4.78 is 17.3. The van der Waals surface area contributed by atoms with Gasteiger partial charge in [0.2, 0.25) is 0 Å². The summed E-state index contributed by atoms with van der Waals surface area (Å²) in [5.74, 6) is 1.46. The highest BCUT2D eigenvalue weighted by Crippen LogP contribution is 2.28. The van der Waals surface area contributed by atoms with Gasteiger partial charge in [-0.1, -0.05) is 22.9 Å². The molecule has 0 atom stereocenters. The fourth-order valence-electron chi connectivity index (χ4n) is 2.27. The monoisotopic (exact) mass is 434 g/mol. The van der Waals surface area contributed by atoms with Crippen LogP contribution in [-0.2, 0) is 0 Å². The molecule has 0 saturated heterocycles. The minimum absolute atomic E-state index is 0.348. The molecule has 6 nitrogen and oxygen atoms in total. The number of nitrogens with zero attached hydrogens (tertiary/aromatic N) is 1. The Bertz CT molecular complexity index is 809. The molecule has 144 valence electrons. The highest BCUT2D eigenvalue weighted by molar-refractivity contribution is 9.10. The molecule has 2 aromatic carbocycles. The Hall–Kier alpha value is -2.54. The van der Waals surface area contributed by atoms with Gasteiger partial charge in [0, 0.05) is 15.6 Å². The van der Waals surface area contributed by atoms with Crippen LogP contribution in [0.1, 0.15) is 36.2 Å². The summed E-state index contributed by atoms with van der Waals surface area (Å²) in [6.45, 7) is 5.06. The van der Waals surface area contributed by atoms with Crippen molar-refractivity contribution >= 4 is 28.1 Å². The standard InChI is InChI=1S/C20H23BrN2O4/c1-4-10-27-18-8-6-14(12-19(18)25-3)20(24)23-22-13-15-11-16(21)7-9-17(15)26-5-2/h6-9,11-13H,4-5,10H2,1-3H3,(H,23,24)/b22-13+. The highest BCUT2D eigenvalue weighted by Gasteiger charge is 2.11. The first-order chi connectivity index (χ1) is 13.1. The Labute approximate surface area is 167 Å². The molecule has 0 spiro atoms. The van der Waals surface area contributed by atoms with Gasteiger partial charge in [0.25, 0.3) is 5.91 Å². The lowest BCUT2D eigenvalue weighted by Crippen LogP contribution is -2.17. The number of carbonyl (C=O) groups excluding carboxylic acids is 1. The molecule has 0 aliphatic rings. The molecule has 0 aliphatic heterocycles. The van der Waals surface area contributed by atoms with Crippen molar-refractivity contribution in [3.63, 3.8) is 0 Å². The molecule has 0 heterocycles. The maximum absolute atomic E-state index is 12.3. The van der Waals surface area contributed by atoms with Gasteiger partial charge in [-0.05, 0) is 49.7 Å². The molecule has 2 aromatic rings. The lowest BCUT2D eigenvalue weighted by Gasteiger charge is -2.11. The zero-order chi connectivity index (χ0) is 19.6. The Morgan fingerprint density at radius 3 is 2.59 bits per heavy atom. The fourth-order valence-corrected chi connectivity index (χ4v) is 2.65. The molecule has 1 amide bonds. The topological polar surface area (TPSA) is 69.2 Å². The zero-order valence-corrected chi connectivity index (χ0v) is 17.2. The molecular formula is C20H23BrN2O4. The number of benzene rings is 2. The fraction of sp³-hybridized carbons (Fsp3) is 0.300. The lowest BCUT2D eigenvalue weighted by molar-refractivity contribution is 0.0954. The van der Waals surface area contributed by atoms with E-state index in [1.807, 2.05) is 32.0 Å². The minimum Gasteiger partial charge on any atom is -0.493 e. The van der Waals surface area contributed by atoms with Crippen LogP contribution >= 0.6 is 15.9 Å². The summed E-state index contributed by atoms with van der Waals surface area (Å²) in [6.07, 6.45) is 2.43. The van der Waals surface area contributed by atoms with E-state index in [4.69, 9.17) is 14.2 Å². The maximum Gasteiger partial charge on any atom is 0.271 e. The van der Waals surface area contributed by atoms with Crippen LogP contribution in [0.2, 0.25) is 0 Å². The molecule has 1 N–H and O–H groups in total. The number of amides is 1. The second-order valence-electron chi connectivity index (χ2n) is 5.53. The number of hydrogen-bond acceptors (Lipinski definition) is 5. The first kappa shape index (κ1) is 20.8. The second kappa shape index (κ2) is 10.6. The first-order valence-electron chi connectivity index (χ1n) is 8.65. The third-order valence-electron chi connectivity index (χ3n) is 3.53. The third-order valence-corrected chi connectivity index (χ3v) is 4.02. The summed E-state index contributed by atoms with van der Waals surface area (Å²) in [4.78, 5) is 12.3. The molecular weight excluding hydrogens is 412 g/mol. The van der Waals surface area contributed by atoms with Crippen molar-refractivity contribution in [1.29, 1.82) is 0 Å². The number of ether oxygens (including phenoxy) is 3. The van der Waals surface area contributed by atoms with Crippen molar-refractivity contribution in [1.82, 2.24) is 5.43 Å². The first-order valence-corrected chi connectivity index (χ1v) is 9.44. The van der Waals surface area contributed by atoms with Crippen LogP contribution in [0.4, 0.5) is 0 Å². The Balaban J connectivity index is 2.09. The Kier molecular flexibility index (Phi) is 8.13. The van der Waals surface area contributed by atoms with Gasteiger partial charge in [-0.25, -0.2) is 5.43 Å². The molecule has 0 bridgehead atoms. The Morgan fingerprint density at radius 2 is 1.89 bits per heavy atom. The molecule has 2 rings (SSSR count). The van der Waals surface area contributed by atoms with Gasteiger partial charge in [0.15, 0.2) is 11.5 Å². The van der Waals surface area contributed by atoms with Gasteiger partial charge < -0.3 is 14.2 Å². The molecule has 0 aliphatic carbocycles.